The summed E-state index contributed by atoms with van der Waals surface area (Å²) in [4.78, 5) is 15.4. The molecule has 1 aromatic carbocycles. The number of primary amides is 1. The van der Waals surface area contributed by atoms with Gasteiger partial charge in [-0.15, -0.1) is 0 Å². The number of quaternary nitrogens is 1. The minimum Gasteiger partial charge on any atom is -0.365 e. The van der Waals surface area contributed by atoms with E-state index in [4.69, 9.17) is 18.0 Å². The quantitative estimate of drug-likeness (QED) is 0.795. The zero-order chi connectivity index (χ0) is 18.8. The lowest BCUT2D eigenvalue weighted by Gasteiger charge is -2.34. The molecule has 0 radical (unpaired) electrons. The zero-order valence-electron chi connectivity index (χ0n) is 15.1. The Morgan fingerprint density at radius 2 is 1.85 bits per heavy atom. The van der Waals surface area contributed by atoms with Gasteiger partial charge in [-0.1, -0.05) is 12.2 Å². The molecule has 0 atom stereocenters. The van der Waals surface area contributed by atoms with E-state index in [1.54, 1.807) is 0 Å². The number of nitrogens with zero attached hydrogens (tertiary/aromatic N) is 2. The fraction of sp³-hybridized carbons (Fsp3) is 0.368. The van der Waals surface area contributed by atoms with Gasteiger partial charge in [0.2, 0.25) is 0 Å². The lowest BCUT2D eigenvalue weighted by Crippen LogP contribution is -3.14. The predicted octanol–water partition coefficient (Wildman–Crippen LogP) is 1.44. The van der Waals surface area contributed by atoms with Crippen molar-refractivity contribution in [2.24, 2.45) is 5.73 Å². The van der Waals surface area contributed by atoms with Gasteiger partial charge in [-0.2, -0.15) is 0 Å². The third kappa shape index (κ3) is 3.78. The molecule has 1 saturated heterocycles. The summed E-state index contributed by atoms with van der Waals surface area (Å²) >= 11 is 5.53. The summed E-state index contributed by atoms with van der Waals surface area (Å²) in [6, 6.07) is 8.59. The van der Waals surface area contributed by atoms with Crippen LogP contribution in [0.2, 0.25) is 0 Å². The molecule has 138 valence electrons. The fourth-order valence-electron chi connectivity index (χ4n) is 3.54. The van der Waals surface area contributed by atoms with E-state index in [-0.39, 0.29) is 5.82 Å². The molecule has 0 aliphatic carbocycles. The molecule has 2 aromatic rings. The molecular formula is C19H24FN4OS+. The topological polar surface area (TPSA) is 55.7 Å². The number of halogens is 1. The van der Waals surface area contributed by atoms with E-state index >= 15 is 0 Å². The fourth-order valence-corrected chi connectivity index (χ4v) is 4.01. The molecule has 0 saturated carbocycles. The van der Waals surface area contributed by atoms with Crippen LogP contribution in [0.5, 0.6) is 0 Å². The van der Waals surface area contributed by atoms with Gasteiger partial charge >= 0.3 is 0 Å². The van der Waals surface area contributed by atoms with Gasteiger partial charge in [0.15, 0.2) is 6.67 Å². The van der Waals surface area contributed by atoms with Crippen molar-refractivity contribution in [1.82, 2.24) is 4.57 Å². The molecule has 1 fully saturated rings. The van der Waals surface area contributed by atoms with Crippen LogP contribution in [0, 0.1) is 24.3 Å². The highest BCUT2D eigenvalue weighted by Crippen LogP contribution is 2.15. The maximum absolute atomic E-state index is 13.1. The number of pyridine rings is 1. The van der Waals surface area contributed by atoms with Crippen LogP contribution in [0.3, 0.4) is 0 Å². The standard InChI is InChI=1S/C19H23FN4OS/c1-13-11-14(2)24(19(26)17(13)18(21)25)12-22-7-9-23(10-8-22)16-5-3-15(20)4-6-16/h3-6,11H,7-10,12H2,1-2H3,(H2,21,25)/p+1. The van der Waals surface area contributed by atoms with Crippen molar-refractivity contribution < 1.29 is 14.1 Å². The van der Waals surface area contributed by atoms with Crippen LogP contribution in [0.1, 0.15) is 21.6 Å². The second-order valence-corrected chi connectivity index (χ2v) is 7.20. The number of aromatic nitrogens is 1. The normalized spacial score (nSPS) is 15.3. The van der Waals surface area contributed by atoms with E-state index in [1.807, 2.05) is 36.6 Å². The van der Waals surface area contributed by atoms with Crippen molar-refractivity contribution in [3.63, 3.8) is 0 Å². The van der Waals surface area contributed by atoms with Gasteiger partial charge in [0, 0.05) is 11.4 Å². The van der Waals surface area contributed by atoms with Crippen molar-refractivity contribution >= 4 is 23.8 Å². The first-order valence-electron chi connectivity index (χ1n) is 8.71. The van der Waals surface area contributed by atoms with Crippen LogP contribution in [0.15, 0.2) is 30.3 Å². The number of nitrogens with two attached hydrogens (primary N) is 1. The SMILES string of the molecule is Cc1cc(C)n(C[NH+]2CCN(c3ccc(F)cc3)CC2)c(=S)c1C(N)=O. The van der Waals surface area contributed by atoms with Crippen molar-refractivity contribution in [3.05, 3.63) is 57.6 Å². The maximum atomic E-state index is 13.1. The van der Waals surface area contributed by atoms with Crippen LogP contribution in [-0.2, 0) is 6.67 Å². The molecular weight excluding hydrogens is 351 g/mol. The molecule has 5 nitrogen and oxygen atoms in total. The lowest BCUT2D eigenvalue weighted by atomic mass is 10.1. The van der Waals surface area contributed by atoms with Crippen molar-refractivity contribution in [3.8, 4) is 0 Å². The monoisotopic (exact) mass is 375 g/mol. The van der Waals surface area contributed by atoms with E-state index in [0.29, 0.717) is 16.9 Å². The zero-order valence-corrected chi connectivity index (χ0v) is 15.9. The highest BCUT2D eigenvalue weighted by Gasteiger charge is 2.22. The minimum atomic E-state index is -0.475. The number of piperazine rings is 1. The van der Waals surface area contributed by atoms with Crippen LogP contribution < -0.4 is 15.5 Å². The first-order chi connectivity index (χ1) is 12.4. The molecule has 3 N–H and O–H groups in total. The number of nitrogens with one attached hydrogen (secondary N) is 1. The Morgan fingerprint density at radius 1 is 1.23 bits per heavy atom. The highest BCUT2D eigenvalue weighted by atomic mass is 32.1. The first kappa shape index (κ1) is 18.5. The third-order valence-electron chi connectivity index (χ3n) is 4.99. The maximum Gasteiger partial charge on any atom is 0.251 e. The van der Waals surface area contributed by atoms with E-state index in [1.165, 1.54) is 17.0 Å². The molecule has 1 aliphatic rings. The van der Waals surface area contributed by atoms with Gasteiger partial charge < -0.3 is 15.5 Å². The van der Waals surface area contributed by atoms with E-state index < -0.39 is 5.91 Å². The third-order valence-corrected chi connectivity index (χ3v) is 5.42. The number of carbonyl (C=O) groups excluding carboxylic acids is 1. The number of benzene rings is 1. The summed E-state index contributed by atoms with van der Waals surface area (Å²) in [5.74, 6) is -0.690. The van der Waals surface area contributed by atoms with Gasteiger partial charge in [0.05, 0.1) is 31.7 Å². The number of amides is 1. The summed E-state index contributed by atoms with van der Waals surface area (Å²) in [6.07, 6.45) is 0. The number of hydrogen-bond acceptors (Lipinski definition) is 3. The molecule has 1 aliphatic heterocycles. The number of aryl methyl sites for hydroxylation is 2. The van der Waals surface area contributed by atoms with Crippen molar-refractivity contribution in [2.75, 3.05) is 31.1 Å². The number of anilines is 1. The Morgan fingerprint density at radius 3 is 2.42 bits per heavy atom. The molecule has 2 heterocycles. The summed E-state index contributed by atoms with van der Waals surface area (Å²) < 4.78 is 15.6. The molecule has 0 bridgehead atoms. The second kappa shape index (κ2) is 7.55. The Kier molecular flexibility index (Phi) is 5.38. The molecule has 3 rings (SSSR count). The van der Waals surface area contributed by atoms with Crippen molar-refractivity contribution in [1.29, 1.82) is 0 Å². The second-order valence-electron chi connectivity index (χ2n) is 6.81. The van der Waals surface area contributed by atoms with Gasteiger partial charge in [0.25, 0.3) is 5.91 Å². The minimum absolute atomic E-state index is 0.215. The van der Waals surface area contributed by atoms with E-state index in [2.05, 4.69) is 4.90 Å². The molecule has 26 heavy (non-hydrogen) atoms. The van der Waals surface area contributed by atoms with Gasteiger partial charge in [0.1, 0.15) is 10.5 Å². The number of hydrogen-bond donors (Lipinski definition) is 2. The average Bonchev–Trinajstić information content (AvgIpc) is 2.59. The van der Waals surface area contributed by atoms with E-state index in [0.717, 1.165) is 43.1 Å². The van der Waals surface area contributed by atoms with E-state index in [9.17, 15) is 9.18 Å². The Balaban J connectivity index is 1.72. The Labute approximate surface area is 157 Å². The van der Waals surface area contributed by atoms with Crippen molar-refractivity contribution in [2.45, 2.75) is 20.5 Å². The lowest BCUT2D eigenvalue weighted by molar-refractivity contribution is -0.923. The number of rotatable bonds is 4. The first-order valence-corrected chi connectivity index (χ1v) is 9.12. The summed E-state index contributed by atoms with van der Waals surface area (Å²) in [5.41, 5.74) is 8.85. The molecule has 0 spiro atoms. The number of carbonyl (C=O) groups is 1. The van der Waals surface area contributed by atoms with Crippen LogP contribution in [0.25, 0.3) is 0 Å². The van der Waals surface area contributed by atoms with Crippen LogP contribution >= 0.6 is 12.2 Å². The summed E-state index contributed by atoms with van der Waals surface area (Å²) in [5, 5.41) is 0. The van der Waals surface area contributed by atoms with Gasteiger partial charge in [-0.25, -0.2) is 4.39 Å². The Bertz CT molecular complexity index is 870. The Hall–Kier alpha value is -2.25. The van der Waals surface area contributed by atoms with Gasteiger partial charge in [-0.3, -0.25) is 9.36 Å². The summed E-state index contributed by atoms with van der Waals surface area (Å²) in [7, 11) is 0. The molecule has 1 amide bonds. The van der Waals surface area contributed by atoms with Gasteiger partial charge in [-0.05, 0) is 49.7 Å². The summed E-state index contributed by atoms with van der Waals surface area (Å²) in [6.45, 7) is 8.24. The smallest absolute Gasteiger partial charge is 0.251 e. The largest absolute Gasteiger partial charge is 0.365 e. The van der Waals surface area contributed by atoms with Crippen LogP contribution in [-0.4, -0.2) is 36.7 Å². The molecule has 1 aromatic heterocycles. The molecule has 7 heteroatoms. The molecule has 0 unspecified atom stereocenters. The highest BCUT2D eigenvalue weighted by molar-refractivity contribution is 7.71. The average molecular weight is 375 g/mol. The van der Waals surface area contributed by atoms with Crippen LogP contribution in [0.4, 0.5) is 10.1 Å². The predicted molar refractivity (Wildman–Crippen MR) is 103 cm³/mol.